The second-order valence-corrected chi connectivity index (χ2v) is 6.28. The summed E-state index contributed by atoms with van der Waals surface area (Å²) in [4.78, 5) is 0.252. The van der Waals surface area contributed by atoms with Gasteiger partial charge in [0.2, 0.25) is 0 Å². The number of aromatic amines is 1. The second kappa shape index (κ2) is 4.64. The molecule has 1 aromatic heterocycles. The van der Waals surface area contributed by atoms with Crippen LogP contribution in [0.2, 0.25) is 0 Å². The van der Waals surface area contributed by atoms with Crippen LogP contribution in [0.15, 0.2) is 53.6 Å². The highest BCUT2D eigenvalue weighted by atomic mass is 32.2. The maximum atomic E-state index is 12.3. The molecule has 6 heteroatoms. The Balaban J connectivity index is 1.96. The number of aromatic nitrogens is 2. The molecule has 0 saturated heterocycles. The molecule has 0 spiro atoms. The highest BCUT2D eigenvalue weighted by Gasteiger charge is 2.14. The highest BCUT2D eigenvalue weighted by Crippen LogP contribution is 2.20. The summed E-state index contributed by atoms with van der Waals surface area (Å²) in [6, 6.07) is 12.0. The molecule has 0 fully saturated rings. The van der Waals surface area contributed by atoms with E-state index in [4.69, 9.17) is 0 Å². The largest absolute Gasteiger partial charge is 0.280 e. The fraction of sp³-hybridized carbons (Fsp3) is 0.0714. The number of anilines is 1. The van der Waals surface area contributed by atoms with Crippen LogP contribution < -0.4 is 4.72 Å². The lowest BCUT2D eigenvalue weighted by Crippen LogP contribution is -2.12. The van der Waals surface area contributed by atoms with Crippen molar-refractivity contribution in [3.63, 3.8) is 0 Å². The van der Waals surface area contributed by atoms with Crippen molar-refractivity contribution in [1.82, 2.24) is 10.2 Å². The number of rotatable bonds is 3. The fourth-order valence-electron chi connectivity index (χ4n) is 2.00. The maximum absolute atomic E-state index is 12.3. The summed E-state index contributed by atoms with van der Waals surface area (Å²) in [5, 5.41) is 7.65. The summed E-state index contributed by atoms with van der Waals surface area (Å²) < 4.78 is 27.2. The van der Waals surface area contributed by atoms with E-state index in [9.17, 15) is 8.42 Å². The van der Waals surface area contributed by atoms with Crippen LogP contribution in [0.1, 0.15) is 5.56 Å². The van der Waals surface area contributed by atoms with Crippen LogP contribution in [0.3, 0.4) is 0 Å². The molecule has 0 atom stereocenters. The van der Waals surface area contributed by atoms with Gasteiger partial charge in [-0.1, -0.05) is 12.1 Å². The van der Waals surface area contributed by atoms with Gasteiger partial charge in [0.25, 0.3) is 10.0 Å². The van der Waals surface area contributed by atoms with Crippen molar-refractivity contribution < 1.29 is 8.42 Å². The summed E-state index contributed by atoms with van der Waals surface area (Å²) in [5.41, 5.74) is 2.19. The number of sulfonamides is 1. The molecule has 5 nitrogen and oxygen atoms in total. The molecule has 0 radical (unpaired) electrons. The van der Waals surface area contributed by atoms with Crippen molar-refractivity contribution in [3.05, 3.63) is 54.2 Å². The molecule has 0 aliphatic rings. The second-order valence-electron chi connectivity index (χ2n) is 4.59. The van der Waals surface area contributed by atoms with Crippen LogP contribution in [-0.2, 0) is 10.0 Å². The van der Waals surface area contributed by atoms with Gasteiger partial charge in [0.15, 0.2) is 0 Å². The number of hydrogen-bond acceptors (Lipinski definition) is 3. The SMILES string of the molecule is Cc1cccc(S(=O)(=O)Nc2ccc3cn[nH]c3c2)c1. The van der Waals surface area contributed by atoms with E-state index in [1.165, 1.54) is 0 Å². The third kappa shape index (κ3) is 2.37. The van der Waals surface area contributed by atoms with E-state index in [1.807, 2.05) is 19.1 Å². The Kier molecular flexibility index (Phi) is 2.94. The topological polar surface area (TPSA) is 74.8 Å². The van der Waals surface area contributed by atoms with E-state index >= 15 is 0 Å². The van der Waals surface area contributed by atoms with E-state index in [0.717, 1.165) is 16.5 Å². The molecule has 2 aromatic carbocycles. The summed E-state index contributed by atoms with van der Waals surface area (Å²) in [7, 11) is -3.57. The van der Waals surface area contributed by atoms with Crippen molar-refractivity contribution >= 4 is 26.6 Å². The molecular weight excluding hydrogens is 274 g/mol. The number of nitrogens with one attached hydrogen (secondary N) is 2. The monoisotopic (exact) mass is 287 g/mol. The van der Waals surface area contributed by atoms with Crippen LogP contribution in [0.5, 0.6) is 0 Å². The van der Waals surface area contributed by atoms with E-state index < -0.39 is 10.0 Å². The van der Waals surface area contributed by atoms with Crippen molar-refractivity contribution in [2.24, 2.45) is 0 Å². The minimum absolute atomic E-state index is 0.252. The van der Waals surface area contributed by atoms with E-state index in [-0.39, 0.29) is 4.90 Å². The summed E-state index contributed by atoms with van der Waals surface area (Å²) >= 11 is 0. The van der Waals surface area contributed by atoms with Gasteiger partial charge < -0.3 is 0 Å². The Morgan fingerprint density at radius 3 is 2.80 bits per heavy atom. The van der Waals surface area contributed by atoms with Crippen molar-refractivity contribution in [2.75, 3.05) is 4.72 Å². The molecule has 3 rings (SSSR count). The summed E-state index contributed by atoms with van der Waals surface area (Å²) in [6.45, 7) is 1.86. The average Bonchev–Trinajstić information content (AvgIpc) is 2.85. The number of nitrogens with zero attached hydrogens (tertiary/aromatic N) is 1. The number of benzene rings is 2. The molecule has 0 unspecified atom stereocenters. The lowest BCUT2D eigenvalue weighted by molar-refractivity contribution is 0.601. The molecule has 0 aliphatic heterocycles. The molecule has 0 amide bonds. The Bertz CT molecular complexity index is 869. The lowest BCUT2D eigenvalue weighted by Gasteiger charge is -2.08. The van der Waals surface area contributed by atoms with Gasteiger partial charge in [-0.15, -0.1) is 0 Å². The van der Waals surface area contributed by atoms with E-state index in [2.05, 4.69) is 14.9 Å². The Morgan fingerprint density at radius 2 is 2.00 bits per heavy atom. The van der Waals surface area contributed by atoms with Gasteiger partial charge in [-0.2, -0.15) is 5.10 Å². The van der Waals surface area contributed by atoms with Crippen molar-refractivity contribution in [3.8, 4) is 0 Å². The van der Waals surface area contributed by atoms with Crippen LogP contribution in [0, 0.1) is 6.92 Å². The Hall–Kier alpha value is -2.34. The Labute approximate surface area is 116 Å². The number of fused-ring (bicyclic) bond motifs is 1. The lowest BCUT2D eigenvalue weighted by atomic mass is 10.2. The van der Waals surface area contributed by atoms with Gasteiger partial charge in [0.1, 0.15) is 0 Å². The van der Waals surface area contributed by atoms with Gasteiger partial charge in [-0.25, -0.2) is 8.42 Å². The molecule has 20 heavy (non-hydrogen) atoms. The van der Waals surface area contributed by atoms with Crippen LogP contribution >= 0.6 is 0 Å². The van der Waals surface area contributed by atoms with Gasteiger partial charge in [-0.05, 0) is 42.8 Å². The zero-order valence-electron chi connectivity index (χ0n) is 10.8. The fourth-order valence-corrected chi connectivity index (χ4v) is 3.15. The normalized spacial score (nSPS) is 11.7. The summed E-state index contributed by atoms with van der Waals surface area (Å²) in [5.74, 6) is 0. The maximum Gasteiger partial charge on any atom is 0.261 e. The third-order valence-corrected chi connectivity index (χ3v) is 4.37. The van der Waals surface area contributed by atoms with Crippen LogP contribution in [-0.4, -0.2) is 18.6 Å². The third-order valence-electron chi connectivity index (χ3n) is 2.99. The minimum atomic E-state index is -3.57. The molecular formula is C14H13N3O2S. The van der Waals surface area contributed by atoms with E-state index in [1.54, 1.807) is 36.5 Å². The van der Waals surface area contributed by atoms with Gasteiger partial charge in [0.05, 0.1) is 22.3 Å². The summed E-state index contributed by atoms with van der Waals surface area (Å²) in [6.07, 6.45) is 1.69. The zero-order valence-corrected chi connectivity index (χ0v) is 11.6. The minimum Gasteiger partial charge on any atom is -0.280 e. The average molecular weight is 287 g/mol. The first kappa shape index (κ1) is 12.7. The zero-order chi connectivity index (χ0) is 14.2. The van der Waals surface area contributed by atoms with Crippen LogP contribution in [0.4, 0.5) is 5.69 Å². The smallest absolute Gasteiger partial charge is 0.261 e. The first-order valence-electron chi connectivity index (χ1n) is 6.07. The standard InChI is InChI=1S/C14H13N3O2S/c1-10-3-2-4-13(7-10)20(18,19)17-12-6-5-11-9-15-16-14(11)8-12/h2-9,17H,1H3,(H,15,16). The number of H-pyrrole nitrogens is 1. The number of aryl methyl sites for hydroxylation is 1. The predicted octanol–water partition coefficient (Wildman–Crippen LogP) is 2.67. The first-order chi connectivity index (χ1) is 9.54. The Morgan fingerprint density at radius 1 is 1.15 bits per heavy atom. The molecule has 1 heterocycles. The van der Waals surface area contributed by atoms with E-state index in [0.29, 0.717) is 5.69 Å². The van der Waals surface area contributed by atoms with Crippen molar-refractivity contribution in [2.45, 2.75) is 11.8 Å². The number of hydrogen-bond donors (Lipinski definition) is 2. The molecule has 3 aromatic rings. The quantitative estimate of drug-likeness (QED) is 0.777. The molecule has 2 N–H and O–H groups in total. The molecule has 0 bridgehead atoms. The van der Waals surface area contributed by atoms with Crippen molar-refractivity contribution in [1.29, 1.82) is 0 Å². The molecule has 0 saturated carbocycles. The van der Waals surface area contributed by atoms with Gasteiger partial charge in [0, 0.05) is 5.39 Å². The molecule has 0 aliphatic carbocycles. The van der Waals surface area contributed by atoms with Gasteiger partial charge >= 0.3 is 0 Å². The predicted molar refractivity (Wildman–Crippen MR) is 78.1 cm³/mol. The molecule has 102 valence electrons. The van der Waals surface area contributed by atoms with Gasteiger partial charge in [-0.3, -0.25) is 9.82 Å². The highest BCUT2D eigenvalue weighted by molar-refractivity contribution is 7.92. The van der Waals surface area contributed by atoms with Crippen LogP contribution in [0.25, 0.3) is 10.9 Å². The first-order valence-corrected chi connectivity index (χ1v) is 7.55.